The molecule has 9 rings (SSSR count). The number of carbonyl (C=O) groups is 3. The SMILES string of the molecule is C=C(C)C1CC[C@]2(C(=O)N3C[C@H](OCCOC)C[C@H]3c3ncc(-c4cccc(F)c4)[nH]3)CC[C@]3(C)[C@H](CC[C@@H]4[C@@]5(C)CC[C@H](OC(=O)[C@H]6C[C@@H](C(=O)O)C6(C)C)C(C)(C)[C@@H]5CC[C@]43C)[C@@H]12. The number of nitrogens with zero attached hydrogens (tertiary/aromatic N) is 2. The third-order valence-corrected chi connectivity index (χ3v) is 20.8. The van der Waals surface area contributed by atoms with Gasteiger partial charge >= 0.3 is 11.9 Å². The first-order chi connectivity index (χ1) is 30.6. The number of aliphatic carboxylic acids is 1. The van der Waals surface area contributed by atoms with Gasteiger partial charge in [-0.2, -0.15) is 0 Å². The number of hydrogen-bond donors (Lipinski definition) is 2. The van der Waals surface area contributed by atoms with Gasteiger partial charge in [-0.05, 0) is 141 Å². The summed E-state index contributed by atoms with van der Waals surface area (Å²) in [7, 11) is 1.67. The van der Waals surface area contributed by atoms with Gasteiger partial charge in [0.2, 0.25) is 5.91 Å². The number of amides is 1. The van der Waals surface area contributed by atoms with Crippen molar-refractivity contribution in [1.29, 1.82) is 0 Å². The molecule has 1 unspecified atom stereocenters. The third-order valence-electron chi connectivity index (χ3n) is 20.8. The van der Waals surface area contributed by atoms with Crippen LogP contribution >= 0.6 is 0 Å². The lowest BCUT2D eigenvalue weighted by atomic mass is 9.32. The summed E-state index contributed by atoms with van der Waals surface area (Å²) >= 11 is 0. The van der Waals surface area contributed by atoms with E-state index >= 15 is 4.79 Å². The first kappa shape index (κ1) is 46.5. The zero-order valence-electron chi connectivity index (χ0n) is 40.6. The maximum atomic E-state index is 15.9. The highest BCUT2D eigenvalue weighted by Crippen LogP contribution is 2.78. The Bertz CT molecular complexity index is 2200. The molecule has 65 heavy (non-hydrogen) atoms. The summed E-state index contributed by atoms with van der Waals surface area (Å²) in [5, 5.41) is 9.73. The Labute approximate surface area is 386 Å². The number of H-pyrrole nitrogens is 1. The lowest BCUT2D eigenvalue weighted by Gasteiger charge is -2.73. The quantitative estimate of drug-likeness (QED) is 0.130. The maximum Gasteiger partial charge on any atom is 0.309 e. The molecule has 0 bridgehead atoms. The van der Waals surface area contributed by atoms with Gasteiger partial charge in [-0.3, -0.25) is 14.4 Å². The van der Waals surface area contributed by atoms with Gasteiger partial charge in [0.05, 0.1) is 54.5 Å². The predicted molar refractivity (Wildman–Crippen MR) is 247 cm³/mol. The number of aromatic nitrogens is 2. The Kier molecular flexibility index (Phi) is 11.7. The molecule has 2 aromatic rings. The van der Waals surface area contributed by atoms with Gasteiger partial charge in [0.1, 0.15) is 17.7 Å². The summed E-state index contributed by atoms with van der Waals surface area (Å²) < 4.78 is 32.5. The van der Waals surface area contributed by atoms with Gasteiger partial charge in [0.15, 0.2) is 0 Å². The van der Waals surface area contributed by atoms with Crippen molar-refractivity contribution in [3.8, 4) is 11.3 Å². The molecule has 6 saturated carbocycles. The van der Waals surface area contributed by atoms with E-state index in [2.05, 4.69) is 58.0 Å². The molecular formula is C54H76FN3O7. The fraction of sp³-hybridized carbons (Fsp3) is 0.741. The summed E-state index contributed by atoms with van der Waals surface area (Å²) in [5.74, 6) is 0.381. The van der Waals surface area contributed by atoms with E-state index in [0.717, 1.165) is 75.5 Å². The minimum atomic E-state index is -0.832. The molecule has 11 heteroatoms. The Balaban J connectivity index is 0.984. The van der Waals surface area contributed by atoms with Crippen molar-refractivity contribution in [2.45, 2.75) is 151 Å². The number of carboxylic acid groups (broad SMARTS) is 1. The minimum absolute atomic E-state index is 0.0252. The zero-order chi connectivity index (χ0) is 46.6. The van der Waals surface area contributed by atoms with Crippen LogP contribution in [0.25, 0.3) is 11.3 Å². The average molecular weight is 898 g/mol. The van der Waals surface area contributed by atoms with Crippen LogP contribution in [0.3, 0.4) is 0 Å². The molecule has 1 aliphatic heterocycles. The number of likely N-dealkylation sites (tertiary alicyclic amines) is 1. The Morgan fingerprint density at radius 3 is 2.35 bits per heavy atom. The van der Waals surface area contributed by atoms with Crippen LogP contribution in [0.5, 0.6) is 0 Å². The molecule has 1 saturated heterocycles. The lowest BCUT2D eigenvalue weighted by molar-refractivity contribution is -0.251. The van der Waals surface area contributed by atoms with Crippen LogP contribution in [0, 0.1) is 79.7 Å². The number of methoxy groups -OCH3 is 1. The second-order valence-electron chi connectivity index (χ2n) is 24.0. The number of imidazole rings is 1. The lowest BCUT2D eigenvalue weighted by Crippen LogP contribution is -2.67. The second kappa shape index (κ2) is 16.3. The number of nitrogens with one attached hydrogen (secondary N) is 1. The molecule has 356 valence electrons. The van der Waals surface area contributed by atoms with Crippen LogP contribution in [0.2, 0.25) is 0 Å². The van der Waals surface area contributed by atoms with Crippen LogP contribution in [-0.4, -0.2) is 76.9 Å². The first-order valence-electron chi connectivity index (χ1n) is 24.9. The number of hydrogen-bond acceptors (Lipinski definition) is 7. The van der Waals surface area contributed by atoms with E-state index in [0.29, 0.717) is 56.2 Å². The molecular weight excluding hydrogens is 822 g/mol. The molecule has 7 aliphatic rings. The summed E-state index contributed by atoms with van der Waals surface area (Å²) in [6.07, 6.45) is 12.3. The monoisotopic (exact) mass is 898 g/mol. The van der Waals surface area contributed by atoms with Crippen molar-refractivity contribution < 1.29 is 38.1 Å². The standard InChI is InChI=1S/C54H76FN3O7/c1-31(2)35-16-21-54(48(62)58-30-34(64-25-24-63-10)27-40(58)45-56-29-39(57-45)32-12-11-13-33(55)26-32)23-22-52(8)36(44(35)54)14-15-42-51(7)19-18-43(50(5,6)41(51)17-20-53(42,52)9)65-47(61)38-28-37(46(59)60)49(38,3)4/h11-13,26,29,34-38,40-44H,1,14-25,27-28,30H2,2-10H3,(H,56,57)(H,59,60)/t34-,35?,36-,37+,38-,40+,41+,42-,43+,44-,51+,52-,53-,54+/m1/s1. The number of halogens is 1. The highest BCUT2D eigenvalue weighted by atomic mass is 19.1. The highest BCUT2D eigenvalue weighted by molar-refractivity contribution is 5.85. The normalized spacial score (nSPS) is 41.3. The van der Waals surface area contributed by atoms with Crippen molar-refractivity contribution in [3.63, 3.8) is 0 Å². The van der Waals surface area contributed by atoms with Crippen molar-refractivity contribution >= 4 is 17.8 Å². The molecule has 14 atom stereocenters. The van der Waals surface area contributed by atoms with Gasteiger partial charge in [0.25, 0.3) is 0 Å². The molecule has 1 aromatic carbocycles. The van der Waals surface area contributed by atoms with Crippen molar-refractivity contribution in [1.82, 2.24) is 14.9 Å². The summed E-state index contributed by atoms with van der Waals surface area (Å²) in [4.78, 5) is 52.0. The average Bonchev–Trinajstić information content (AvgIpc) is 4.00. The second-order valence-corrected chi connectivity index (χ2v) is 24.0. The summed E-state index contributed by atoms with van der Waals surface area (Å²) in [6.45, 7) is 24.5. The topological polar surface area (TPSA) is 131 Å². The largest absolute Gasteiger partial charge is 0.481 e. The molecule has 2 N–H and O–H groups in total. The number of aromatic amines is 1. The number of allylic oxidation sites excluding steroid dienone is 1. The van der Waals surface area contributed by atoms with Crippen molar-refractivity contribution in [3.05, 3.63) is 54.3 Å². The number of rotatable bonds is 11. The molecule has 1 aromatic heterocycles. The predicted octanol–water partition coefficient (Wildman–Crippen LogP) is 10.8. The summed E-state index contributed by atoms with van der Waals surface area (Å²) in [5.41, 5.74) is 1.44. The third kappa shape index (κ3) is 7.02. The highest BCUT2D eigenvalue weighted by Gasteiger charge is 2.73. The van der Waals surface area contributed by atoms with E-state index in [9.17, 15) is 19.1 Å². The van der Waals surface area contributed by atoms with Crippen LogP contribution in [0.1, 0.15) is 144 Å². The van der Waals surface area contributed by atoms with Gasteiger partial charge in [-0.1, -0.05) is 72.8 Å². The van der Waals surface area contributed by atoms with E-state index in [4.69, 9.17) is 19.2 Å². The maximum absolute atomic E-state index is 15.9. The van der Waals surface area contributed by atoms with Crippen molar-refractivity contribution in [2.75, 3.05) is 26.9 Å². The van der Waals surface area contributed by atoms with Crippen molar-refractivity contribution in [2.24, 2.45) is 73.9 Å². The number of benzene rings is 1. The van der Waals surface area contributed by atoms with Crippen LogP contribution in [0.15, 0.2) is 42.6 Å². The Morgan fingerprint density at radius 1 is 0.892 bits per heavy atom. The van der Waals surface area contributed by atoms with Gasteiger partial charge in [0, 0.05) is 31.1 Å². The van der Waals surface area contributed by atoms with Crippen LogP contribution < -0.4 is 0 Å². The molecule has 10 nitrogen and oxygen atoms in total. The zero-order valence-corrected chi connectivity index (χ0v) is 40.6. The Morgan fingerprint density at radius 2 is 1.66 bits per heavy atom. The van der Waals surface area contributed by atoms with Gasteiger partial charge in [-0.15, -0.1) is 0 Å². The van der Waals surface area contributed by atoms with E-state index in [1.54, 1.807) is 19.4 Å². The number of carbonyl (C=O) groups excluding carboxylic acids is 2. The molecule has 6 aliphatic carbocycles. The molecule has 0 spiro atoms. The van der Waals surface area contributed by atoms with Gasteiger partial charge < -0.3 is 29.2 Å². The first-order valence-corrected chi connectivity index (χ1v) is 24.9. The van der Waals surface area contributed by atoms with Gasteiger partial charge in [-0.25, -0.2) is 9.37 Å². The minimum Gasteiger partial charge on any atom is -0.481 e. The van der Waals surface area contributed by atoms with E-state index in [1.807, 2.05) is 19.9 Å². The number of esters is 1. The van der Waals surface area contributed by atoms with E-state index < -0.39 is 28.6 Å². The van der Waals surface area contributed by atoms with Crippen LogP contribution in [-0.2, 0) is 28.6 Å². The molecule has 2 heterocycles. The fourth-order valence-electron chi connectivity index (χ4n) is 17.0. The molecule has 7 fully saturated rings. The fourth-order valence-corrected chi connectivity index (χ4v) is 17.0. The molecule has 0 radical (unpaired) electrons. The summed E-state index contributed by atoms with van der Waals surface area (Å²) in [6, 6.07) is 6.22. The smallest absolute Gasteiger partial charge is 0.309 e. The van der Waals surface area contributed by atoms with Crippen LogP contribution in [0.4, 0.5) is 4.39 Å². The number of carboxylic acids is 1. The van der Waals surface area contributed by atoms with E-state index in [1.165, 1.54) is 17.7 Å². The number of ether oxygens (including phenoxy) is 3. The Hall–Kier alpha value is -3.57. The molecule has 1 amide bonds. The van der Waals surface area contributed by atoms with E-state index in [-0.39, 0.29) is 69.4 Å². The number of fused-ring (bicyclic) bond motifs is 7.